The standard InChI is InChI=1S/C10H18N2O4/c1-2-3-7-11-10(16)12-8(13)5-4-6-9(14)15/h2-7H2,1H3,(H,14,15)(H2,11,12,13,16). The van der Waals surface area contributed by atoms with Gasteiger partial charge in [-0.1, -0.05) is 13.3 Å². The molecular formula is C10H18N2O4. The van der Waals surface area contributed by atoms with E-state index in [2.05, 4.69) is 10.6 Å². The third-order valence-corrected chi connectivity index (χ3v) is 1.86. The molecule has 0 heterocycles. The van der Waals surface area contributed by atoms with E-state index in [1.54, 1.807) is 0 Å². The van der Waals surface area contributed by atoms with Gasteiger partial charge in [0.2, 0.25) is 5.91 Å². The van der Waals surface area contributed by atoms with Crippen LogP contribution in [0.5, 0.6) is 0 Å². The highest BCUT2D eigenvalue weighted by molar-refractivity contribution is 5.94. The molecule has 3 N–H and O–H groups in total. The van der Waals surface area contributed by atoms with Crippen LogP contribution in [0, 0.1) is 0 Å². The highest BCUT2D eigenvalue weighted by Crippen LogP contribution is 1.94. The zero-order valence-corrected chi connectivity index (χ0v) is 9.41. The summed E-state index contributed by atoms with van der Waals surface area (Å²) in [6.45, 7) is 2.53. The van der Waals surface area contributed by atoms with Gasteiger partial charge in [-0.15, -0.1) is 0 Å². The molecule has 0 fully saturated rings. The molecule has 0 saturated heterocycles. The zero-order valence-electron chi connectivity index (χ0n) is 9.41. The second-order valence-electron chi connectivity index (χ2n) is 3.40. The fourth-order valence-corrected chi connectivity index (χ4v) is 1.01. The first-order valence-corrected chi connectivity index (χ1v) is 5.35. The number of hydrogen-bond acceptors (Lipinski definition) is 3. The lowest BCUT2D eigenvalue weighted by Crippen LogP contribution is -2.39. The quantitative estimate of drug-likeness (QED) is 0.565. The Morgan fingerprint density at radius 2 is 1.81 bits per heavy atom. The normalized spacial score (nSPS) is 9.56. The highest BCUT2D eigenvalue weighted by Gasteiger charge is 2.07. The predicted molar refractivity (Wildman–Crippen MR) is 57.9 cm³/mol. The van der Waals surface area contributed by atoms with Crippen molar-refractivity contribution >= 4 is 17.9 Å². The summed E-state index contributed by atoms with van der Waals surface area (Å²) in [5.74, 6) is -1.39. The van der Waals surface area contributed by atoms with Gasteiger partial charge >= 0.3 is 12.0 Å². The van der Waals surface area contributed by atoms with Gasteiger partial charge < -0.3 is 10.4 Å². The van der Waals surface area contributed by atoms with E-state index in [0.29, 0.717) is 6.54 Å². The number of unbranched alkanes of at least 4 members (excludes halogenated alkanes) is 1. The van der Waals surface area contributed by atoms with Gasteiger partial charge in [0.15, 0.2) is 0 Å². The van der Waals surface area contributed by atoms with E-state index < -0.39 is 17.9 Å². The van der Waals surface area contributed by atoms with Crippen molar-refractivity contribution in [3.05, 3.63) is 0 Å². The fourth-order valence-electron chi connectivity index (χ4n) is 1.01. The van der Waals surface area contributed by atoms with Gasteiger partial charge in [0.05, 0.1) is 0 Å². The molecule has 0 bridgehead atoms. The lowest BCUT2D eigenvalue weighted by molar-refractivity contribution is -0.137. The van der Waals surface area contributed by atoms with E-state index in [-0.39, 0.29) is 19.3 Å². The number of hydrogen-bond donors (Lipinski definition) is 3. The number of aliphatic carboxylic acids is 1. The highest BCUT2D eigenvalue weighted by atomic mass is 16.4. The third-order valence-electron chi connectivity index (χ3n) is 1.86. The van der Waals surface area contributed by atoms with Gasteiger partial charge in [0.25, 0.3) is 0 Å². The number of carbonyl (C=O) groups is 3. The van der Waals surface area contributed by atoms with Crippen LogP contribution in [-0.2, 0) is 9.59 Å². The number of nitrogens with one attached hydrogen (secondary N) is 2. The van der Waals surface area contributed by atoms with Crippen molar-refractivity contribution < 1.29 is 19.5 Å². The van der Waals surface area contributed by atoms with E-state index in [1.807, 2.05) is 6.92 Å². The Labute approximate surface area is 94.4 Å². The van der Waals surface area contributed by atoms with Crippen LogP contribution in [0.2, 0.25) is 0 Å². The van der Waals surface area contributed by atoms with Crippen LogP contribution < -0.4 is 10.6 Å². The number of imide groups is 1. The molecule has 0 aromatic carbocycles. The Morgan fingerprint density at radius 1 is 1.12 bits per heavy atom. The molecule has 0 atom stereocenters. The average Bonchev–Trinajstić information content (AvgIpc) is 2.17. The van der Waals surface area contributed by atoms with Gasteiger partial charge in [0, 0.05) is 19.4 Å². The predicted octanol–water partition coefficient (Wildman–Crippen LogP) is 0.867. The van der Waals surface area contributed by atoms with Crippen molar-refractivity contribution in [2.45, 2.75) is 39.0 Å². The number of carboxylic acids is 1. The Kier molecular flexibility index (Phi) is 7.83. The molecule has 0 spiro atoms. The SMILES string of the molecule is CCCCNC(=O)NC(=O)CCCC(=O)O. The van der Waals surface area contributed by atoms with Crippen molar-refractivity contribution in [3.63, 3.8) is 0 Å². The van der Waals surface area contributed by atoms with Crippen molar-refractivity contribution in [2.75, 3.05) is 6.54 Å². The van der Waals surface area contributed by atoms with Crippen LogP contribution in [0.3, 0.4) is 0 Å². The maximum absolute atomic E-state index is 11.1. The van der Waals surface area contributed by atoms with E-state index in [0.717, 1.165) is 12.8 Å². The second-order valence-corrected chi connectivity index (χ2v) is 3.40. The molecule has 0 aromatic rings. The molecule has 0 radical (unpaired) electrons. The van der Waals surface area contributed by atoms with Crippen LogP contribution in [-0.4, -0.2) is 29.6 Å². The van der Waals surface area contributed by atoms with Crippen molar-refractivity contribution in [3.8, 4) is 0 Å². The van der Waals surface area contributed by atoms with Crippen LogP contribution >= 0.6 is 0 Å². The molecule has 0 unspecified atom stereocenters. The Bertz CT molecular complexity index is 253. The summed E-state index contributed by atoms with van der Waals surface area (Å²) >= 11 is 0. The first-order chi connectivity index (χ1) is 7.56. The van der Waals surface area contributed by atoms with Gasteiger partial charge in [-0.3, -0.25) is 14.9 Å². The first kappa shape index (κ1) is 14.4. The van der Waals surface area contributed by atoms with Crippen molar-refractivity contribution in [1.29, 1.82) is 0 Å². The van der Waals surface area contributed by atoms with Gasteiger partial charge in [-0.25, -0.2) is 4.79 Å². The largest absolute Gasteiger partial charge is 0.481 e. The van der Waals surface area contributed by atoms with Crippen molar-refractivity contribution in [2.24, 2.45) is 0 Å². The maximum atomic E-state index is 11.1. The lowest BCUT2D eigenvalue weighted by atomic mass is 10.2. The molecule has 0 aliphatic carbocycles. The minimum Gasteiger partial charge on any atom is -0.481 e. The molecule has 0 aliphatic heterocycles. The minimum atomic E-state index is -0.944. The minimum absolute atomic E-state index is 0.0491. The summed E-state index contributed by atoms with van der Waals surface area (Å²) in [4.78, 5) is 32.3. The monoisotopic (exact) mass is 230 g/mol. The molecule has 0 aromatic heterocycles. The Hall–Kier alpha value is -1.59. The number of amides is 3. The van der Waals surface area contributed by atoms with Gasteiger partial charge in [-0.2, -0.15) is 0 Å². The summed E-state index contributed by atoms with van der Waals surface area (Å²) in [6, 6.07) is -0.520. The summed E-state index contributed by atoms with van der Waals surface area (Å²) in [7, 11) is 0. The molecule has 92 valence electrons. The van der Waals surface area contributed by atoms with E-state index in [9.17, 15) is 14.4 Å². The molecule has 16 heavy (non-hydrogen) atoms. The molecule has 6 nitrogen and oxygen atoms in total. The molecule has 0 aliphatic rings. The summed E-state index contributed by atoms with van der Waals surface area (Å²) in [5, 5.41) is 13.0. The van der Waals surface area contributed by atoms with Crippen LogP contribution in [0.4, 0.5) is 4.79 Å². The topological polar surface area (TPSA) is 95.5 Å². The first-order valence-electron chi connectivity index (χ1n) is 5.35. The molecular weight excluding hydrogens is 212 g/mol. The van der Waals surface area contributed by atoms with Gasteiger partial charge in [0.1, 0.15) is 0 Å². The molecule has 3 amide bonds. The number of carboxylic acid groups (broad SMARTS) is 1. The smallest absolute Gasteiger partial charge is 0.321 e. The van der Waals surface area contributed by atoms with E-state index >= 15 is 0 Å². The summed E-state index contributed by atoms with van der Waals surface area (Å²) < 4.78 is 0. The number of carbonyl (C=O) groups excluding carboxylic acids is 2. The van der Waals surface area contributed by atoms with E-state index in [1.165, 1.54) is 0 Å². The third kappa shape index (κ3) is 8.98. The van der Waals surface area contributed by atoms with Crippen LogP contribution in [0.1, 0.15) is 39.0 Å². The number of rotatable bonds is 7. The zero-order chi connectivity index (χ0) is 12.4. The van der Waals surface area contributed by atoms with Crippen molar-refractivity contribution in [1.82, 2.24) is 10.6 Å². The Morgan fingerprint density at radius 3 is 2.38 bits per heavy atom. The van der Waals surface area contributed by atoms with Gasteiger partial charge in [-0.05, 0) is 12.8 Å². The number of urea groups is 1. The molecule has 0 saturated carbocycles. The summed E-state index contributed by atoms with van der Waals surface area (Å²) in [5.41, 5.74) is 0. The average molecular weight is 230 g/mol. The molecule has 0 rings (SSSR count). The van der Waals surface area contributed by atoms with Crippen LogP contribution in [0.15, 0.2) is 0 Å². The summed E-state index contributed by atoms with van der Waals surface area (Å²) in [6.07, 6.45) is 2.05. The maximum Gasteiger partial charge on any atom is 0.321 e. The van der Waals surface area contributed by atoms with E-state index in [4.69, 9.17) is 5.11 Å². The molecule has 6 heteroatoms. The second kappa shape index (κ2) is 8.70. The Balaban J connectivity index is 3.54. The van der Waals surface area contributed by atoms with Crippen LogP contribution in [0.25, 0.3) is 0 Å². The fraction of sp³-hybridized carbons (Fsp3) is 0.700. The lowest BCUT2D eigenvalue weighted by Gasteiger charge is -2.05.